The fourth-order valence-electron chi connectivity index (χ4n) is 0.0825. The van der Waals surface area contributed by atoms with Gasteiger partial charge in [0.15, 0.2) is 0 Å². The third kappa shape index (κ3) is 9.35. The highest BCUT2D eigenvalue weighted by molar-refractivity contribution is 4.93. The monoisotopic (exact) mass is 178 g/mol. The van der Waals surface area contributed by atoms with E-state index in [4.69, 9.17) is 0 Å². The number of methoxy groups -OCH3 is 1. The molecule has 6 heteroatoms. The summed E-state index contributed by atoms with van der Waals surface area (Å²) in [5.74, 6) is -2.65. The van der Waals surface area contributed by atoms with Gasteiger partial charge in [0.2, 0.25) is 5.83 Å². The van der Waals surface area contributed by atoms with E-state index in [1.165, 1.54) is 0 Å². The van der Waals surface area contributed by atoms with Crippen LogP contribution in [0, 0.1) is 0 Å². The summed E-state index contributed by atoms with van der Waals surface area (Å²) in [4.78, 5) is 0. The fourth-order valence-corrected chi connectivity index (χ4v) is 0.0825. The van der Waals surface area contributed by atoms with Crippen molar-refractivity contribution in [2.75, 3.05) is 14.2 Å². The molecule has 0 aromatic rings. The molecule has 0 saturated heterocycles. The van der Waals surface area contributed by atoms with Crippen molar-refractivity contribution in [3.8, 4) is 0 Å². The Morgan fingerprint density at radius 2 is 1.36 bits per heavy atom. The van der Waals surface area contributed by atoms with Crippen LogP contribution in [0.4, 0.5) is 22.0 Å². The van der Waals surface area contributed by atoms with Gasteiger partial charge in [-0.25, -0.2) is 8.78 Å². The van der Waals surface area contributed by atoms with Gasteiger partial charge < -0.3 is 4.74 Å². The first-order chi connectivity index (χ1) is 4.97. The van der Waals surface area contributed by atoms with Gasteiger partial charge in [0.25, 0.3) is 6.43 Å². The molecule has 0 aliphatic heterocycles. The van der Waals surface area contributed by atoms with Gasteiger partial charge in [0.05, 0.1) is 0 Å². The van der Waals surface area contributed by atoms with Crippen molar-refractivity contribution >= 4 is 0 Å². The molecule has 0 amide bonds. The highest BCUT2D eigenvalue weighted by atomic mass is 19.3. The van der Waals surface area contributed by atoms with Crippen LogP contribution in [0.15, 0.2) is 11.9 Å². The van der Waals surface area contributed by atoms with E-state index < -0.39 is 18.3 Å². The molecule has 0 aliphatic carbocycles. The maximum absolute atomic E-state index is 11.0. The summed E-state index contributed by atoms with van der Waals surface area (Å²) in [6.45, 7) is 0. The van der Waals surface area contributed by atoms with E-state index in [2.05, 4.69) is 4.74 Å². The normalized spacial score (nSPS) is 8.73. The Hall–Kier alpha value is -0.650. The predicted molar refractivity (Wildman–Crippen MR) is 29.3 cm³/mol. The number of halogens is 5. The number of ether oxygens (including phenoxy) is 1. The van der Waals surface area contributed by atoms with Crippen molar-refractivity contribution < 1.29 is 26.7 Å². The Kier molecular flexibility index (Phi) is 8.80. The zero-order chi connectivity index (χ0) is 9.44. The van der Waals surface area contributed by atoms with Gasteiger partial charge in [-0.3, -0.25) is 0 Å². The van der Waals surface area contributed by atoms with Gasteiger partial charge in [0.1, 0.15) is 0 Å². The second-order valence-corrected chi connectivity index (χ2v) is 1.32. The maximum Gasteiger partial charge on any atom is 0.307 e. The summed E-state index contributed by atoms with van der Waals surface area (Å²) in [6, 6.07) is 0. The van der Waals surface area contributed by atoms with Crippen molar-refractivity contribution in [1.29, 1.82) is 0 Å². The SMILES string of the molecule is COC.FC(F)=C(F)C(F)F. The van der Waals surface area contributed by atoms with E-state index in [0.717, 1.165) is 0 Å². The van der Waals surface area contributed by atoms with E-state index in [1.54, 1.807) is 14.2 Å². The molecule has 0 heterocycles. The minimum atomic E-state index is -3.69. The van der Waals surface area contributed by atoms with Crippen LogP contribution in [-0.2, 0) is 4.74 Å². The standard InChI is InChI=1S/C3HF5.C2H6O/c4-1(2(5)6)3(7)8;1-3-2/h2H;1-2H3. The third-order valence-corrected chi connectivity index (χ3v) is 0.372. The summed E-state index contributed by atoms with van der Waals surface area (Å²) in [7, 11) is 3.25. The summed E-state index contributed by atoms with van der Waals surface area (Å²) < 4.78 is 58.2. The molecule has 1 nitrogen and oxygen atoms in total. The van der Waals surface area contributed by atoms with Crippen LogP contribution < -0.4 is 0 Å². The van der Waals surface area contributed by atoms with E-state index in [1.807, 2.05) is 0 Å². The summed E-state index contributed by atoms with van der Waals surface area (Å²) in [5.41, 5.74) is 0. The third-order valence-electron chi connectivity index (χ3n) is 0.372. The molecule has 0 bridgehead atoms. The molecule has 0 spiro atoms. The molecule has 11 heavy (non-hydrogen) atoms. The highest BCUT2D eigenvalue weighted by Gasteiger charge is 2.16. The second kappa shape index (κ2) is 7.46. The van der Waals surface area contributed by atoms with E-state index in [0.29, 0.717) is 0 Å². The van der Waals surface area contributed by atoms with Gasteiger partial charge in [-0.15, -0.1) is 0 Å². The molecule has 0 radical (unpaired) electrons. The van der Waals surface area contributed by atoms with E-state index in [9.17, 15) is 22.0 Å². The van der Waals surface area contributed by atoms with E-state index >= 15 is 0 Å². The van der Waals surface area contributed by atoms with E-state index in [-0.39, 0.29) is 0 Å². The number of allylic oxidation sites excluding steroid dienone is 1. The average Bonchev–Trinajstić information content (AvgIpc) is 1.87. The van der Waals surface area contributed by atoms with Gasteiger partial charge in [0, 0.05) is 14.2 Å². The van der Waals surface area contributed by atoms with Crippen LogP contribution in [0.5, 0.6) is 0 Å². The Bertz CT molecular complexity index is 118. The van der Waals surface area contributed by atoms with Gasteiger partial charge >= 0.3 is 6.08 Å². The predicted octanol–water partition coefficient (Wildman–Crippen LogP) is 2.59. The molecule has 0 unspecified atom stereocenters. The second-order valence-electron chi connectivity index (χ2n) is 1.32. The number of hydrogen-bond acceptors (Lipinski definition) is 1. The smallest absolute Gasteiger partial charge is 0.307 e. The van der Waals surface area contributed by atoms with Crippen LogP contribution in [0.25, 0.3) is 0 Å². The lowest BCUT2D eigenvalue weighted by molar-refractivity contribution is 0.145. The molecule has 0 aromatic carbocycles. The quantitative estimate of drug-likeness (QED) is 0.560. The zero-order valence-corrected chi connectivity index (χ0v) is 5.88. The first-order valence-electron chi connectivity index (χ1n) is 2.36. The summed E-state index contributed by atoms with van der Waals surface area (Å²) in [6.07, 6.45) is -6.65. The van der Waals surface area contributed by atoms with Crippen molar-refractivity contribution in [1.82, 2.24) is 0 Å². The first kappa shape index (κ1) is 13.0. The van der Waals surface area contributed by atoms with Gasteiger partial charge in [-0.1, -0.05) is 0 Å². The molecule has 0 saturated carbocycles. The maximum atomic E-state index is 11.0. The largest absolute Gasteiger partial charge is 0.388 e. The molecular weight excluding hydrogens is 171 g/mol. The minimum absolute atomic E-state index is 1.62. The molecule has 0 atom stereocenters. The van der Waals surface area contributed by atoms with Crippen LogP contribution in [-0.4, -0.2) is 20.6 Å². The number of rotatable bonds is 1. The van der Waals surface area contributed by atoms with Crippen molar-refractivity contribution in [3.63, 3.8) is 0 Å². The highest BCUT2D eigenvalue weighted by Crippen LogP contribution is 2.16. The molecular formula is C5H7F5O. The Morgan fingerprint density at radius 3 is 1.36 bits per heavy atom. The van der Waals surface area contributed by atoms with Gasteiger partial charge in [-0.2, -0.15) is 13.2 Å². The van der Waals surface area contributed by atoms with Crippen LogP contribution >= 0.6 is 0 Å². The lowest BCUT2D eigenvalue weighted by Crippen LogP contribution is -1.90. The lowest BCUT2D eigenvalue weighted by atomic mass is 10.6. The summed E-state index contributed by atoms with van der Waals surface area (Å²) in [5, 5.41) is 0. The Balaban J connectivity index is 0. The molecule has 0 fully saturated rings. The fraction of sp³-hybridized carbons (Fsp3) is 0.600. The molecule has 68 valence electrons. The molecule has 0 aliphatic rings. The van der Waals surface area contributed by atoms with Crippen LogP contribution in [0.1, 0.15) is 0 Å². The molecule has 0 rings (SSSR count). The van der Waals surface area contributed by atoms with Crippen LogP contribution in [0.2, 0.25) is 0 Å². The van der Waals surface area contributed by atoms with Crippen molar-refractivity contribution in [2.45, 2.75) is 6.43 Å². The first-order valence-corrected chi connectivity index (χ1v) is 2.36. The Labute approximate surface area is 60.5 Å². The average molecular weight is 178 g/mol. The zero-order valence-electron chi connectivity index (χ0n) is 5.88. The number of hydrogen-bond donors (Lipinski definition) is 0. The van der Waals surface area contributed by atoms with Gasteiger partial charge in [-0.05, 0) is 0 Å². The summed E-state index contributed by atoms with van der Waals surface area (Å²) >= 11 is 0. The molecule has 0 N–H and O–H groups in total. The Morgan fingerprint density at radius 1 is 1.09 bits per heavy atom. The molecule has 0 aromatic heterocycles. The number of alkyl halides is 2. The van der Waals surface area contributed by atoms with Crippen molar-refractivity contribution in [3.05, 3.63) is 11.9 Å². The minimum Gasteiger partial charge on any atom is -0.388 e. The topological polar surface area (TPSA) is 9.23 Å². The lowest BCUT2D eigenvalue weighted by Gasteiger charge is -1.88. The van der Waals surface area contributed by atoms with Crippen molar-refractivity contribution in [2.24, 2.45) is 0 Å². The van der Waals surface area contributed by atoms with Crippen LogP contribution in [0.3, 0.4) is 0 Å².